The van der Waals surface area contributed by atoms with Crippen LogP contribution in [-0.2, 0) is 30.4 Å². The third kappa shape index (κ3) is 8.42. The van der Waals surface area contributed by atoms with Crippen LogP contribution in [0.3, 0.4) is 0 Å². The number of imidazole rings is 1. The van der Waals surface area contributed by atoms with Crippen LogP contribution in [-0.4, -0.2) is 74.5 Å². The van der Waals surface area contributed by atoms with Crippen LogP contribution in [0.15, 0.2) is 12.5 Å². The number of aromatic amines is 1. The molecular weight excluding hydrogens is 412 g/mol. The predicted octanol–water partition coefficient (Wildman–Crippen LogP) is -2.03. The second kappa shape index (κ2) is 12.3. The van der Waals surface area contributed by atoms with Crippen LogP contribution >= 0.6 is 0 Å². The Kier molecular flexibility index (Phi) is 10.1. The van der Waals surface area contributed by atoms with Crippen molar-refractivity contribution in [3.8, 4) is 0 Å². The minimum Gasteiger partial charge on any atom is -0.481 e. The van der Waals surface area contributed by atoms with Gasteiger partial charge in [-0.15, -0.1) is 0 Å². The fourth-order valence-electron chi connectivity index (χ4n) is 2.67. The van der Waals surface area contributed by atoms with Gasteiger partial charge in [-0.1, -0.05) is 20.3 Å². The van der Waals surface area contributed by atoms with Gasteiger partial charge in [-0.25, -0.2) is 9.78 Å². The summed E-state index contributed by atoms with van der Waals surface area (Å²) in [7, 11) is 0. The number of aromatic nitrogens is 2. The van der Waals surface area contributed by atoms with E-state index < -0.39 is 66.7 Å². The molecule has 1 aromatic heterocycles. The number of nitrogens with one attached hydrogen (secondary N) is 4. The van der Waals surface area contributed by atoms with E-state index in [2.05, 4.69) is 25.9 Å². The highest BCUT2D eigenvalue weighted by atomic mass is 16.4. The lowest BCUT2D eigenvalue weighted by molar-refractivity contribution is -0.143. The molecule has 1 heterocycles. The summed E-state index contributed by atoms with van der Waals surface area (Å²) in [6, 6.07) is -3.90. The van der Waals surface area contributed by atoms with Crippen LogP contribution < -0.4 is 21.7 Å². The number of hydrogen-bond donors (Lipinski definition) is 7. The molecule has 4 unspecified atom stereocenters. The maximum absolute atomic E-state index is 12.8. The molecule has 1 aromatic rings. The van der Waals surface area contributed by atoms with Crippen LogP contribution in [0.1, 0.15) is 32.4 Å². The number of rotatable bonds is 13. The Balaban J connectivity index is 2.97. The first-order valence-corrected chi connectivity index (χ1v) is 9.61. The molecule has 3 amide bonds. The average molecular weight is 440 g/mol. The van der Waals surface area contributed by atoms with Crippen molar-refractivity contribution >= 4 is 29.7 Å². The van der Waals surface area contributed by atoms with Gasteiger partial charge in [0.25, 0.3) is 0 Å². The summed E-state index contributed by atoms with van der Waals surface area (Å²) in [6.45, 7) is 2.98. The molecule has 13 nitrogen and oxygen atoms in total. The summed E-state index contributed by atoms with van der Waals surface area (Å²) in [4.78, 5) is 66.1. The summed E-state index contributed by atoms with van der Waals surface area (Å²) in [6.07, 6.45) is 2.47. The monoisotopic (exact) mass is 440 g/mol. The molecule has 0 aromatic carbocycles. The van der Waals surface area contributed by atoms with E-state index >= 15 is 0 Å². The molecule has 13 heteroatoms. The summed E-state index contributed by atoms with van der Waals surface area (Å²) in [5.74, 6) is -5.43. The largest absolute Gasteiger partial charge is 0.481 e. The van der Waals surface area contributed by atoms with Crippen molar-refractivity contribution < 1.29 is 34.2 Å². The number of carbonyl (C=O) groups excluding carboxylic acids is 3. The van der Waals surface area contributed by atoms with E-state index in [1.807, 2.05) is 0 Å². The fourth-order valence-corrected chi connectivity index (χ4v) is 2.67. The Morgan fingerprint density at radius 1 is 1.10 bits per heavy atom. The number of nitrogens with two attached hydrogens (primary N) is 1. The quantitative estimate of drug-likeness (QED) is 0.180. The molecule has 8 N–H and O–H groups in total. The first kappa shape index (κ1) is 25.6. The lowest BCUT2D eigenvalue weighted by atomic mass is 9.97. The second-order valence-electron chi connectivity index (χ2n) is 6.97. The van der Waals surface area contributed by atoms with Gasteiger partial charge in [-0.05, 0) is 5.92 Å². The summed E-state index contributed by atoms with van der Waals surface area (Å²) in [5, 5.41) is 25.4. The maximum Gasteiger partial charge on any atom is 0.326 e. The smallest absolute Gasteiger partial charge is 0.326 e. The molecule has 4 atom stereocenters. The first-order valence-electron chi connectivity index (χ1n) is 9.61. The Morgan fingerprint density at radius 2 is 1.77 bits per heavy atom. The number of nitrogens with zero attached hydrogens (tertiary/aromatic N) is 1. The van der Waals surface area contributed by atoms with Gasteiger partial charge in [0.1, 0.15) is 18.1 Å². The van der Waals surface area contributed by atoms with Crippen molar-refractivity contribution in [2.45, 2.75) is 51.2 Å². The number of amides is 3. The summed E-state index contributed by atoms with van der Waals surface area (Å²) >= 11 is 0. The molecule has 1 rings (SSSR count). The highest BCUT2D eigenvalue weighted by Gasteiger charge is 2.33. The van der Waals surface area contributed by atoms with Gasteiger partial charge in [0.15, 0.2) is 0 Å². The Hall–Kier alpha value is -3.48. The van der Waals surface area contributed by atoms with E-state index in [1.54, 1.807) is 13.8 Å². The lowest BCUT2D eigenvalue weighted by Gasteiger charge is -2.27. The molecule has 0 aliphatic carbocycles. The molecular formula is C18H28N6O7. The third-order valence-electron chi connectivity index (χ3n) is 4.60. The van der Waals surface area contributed by atoms with Crippen LogP contribution in [0.5, 0.6) is 0 Å². The molecule has 0 aliphatic rings. The number of carbonyl (C=O) groups is 5. The van der Waals surface area contributed by atoms with E-state index in [0.29, 0.717) is 12.1 Å². The minimum absolute atomic E-state index is 0.0591. The SMILES string of the molecule is CCC(C)C(NC(=O)C(CC(=O)O)NC(=O)CN)C(=O)NC(Cc1cnc[nH]1)C(=O)O. The molecule has 0 saturated carbocycles. The van der Waals surface area contributed by atoms with Gasteiger partial charge in [-0.2, -0.15) is 0 Å². The molecule has 0 fully saturated rings. The van der Waals surface area contributed by atoms with Crippen molar-refractivity contribution in [3.63, 3.8) is 0 Å². The number of aliphatic carboxylic acids is 2. The predicted molar refractivity (Wildman–Crippen MR) is 106 cm³/mol. The van der Waals surface area contributed by atoms with E-state index in [0.717, 1.165) is 0 Å². The first-order chi connectivity index (χ1) is 14.6. The van der Waals surface area contributed by atoms with Crippen molar-refractivity contribution in [2.24, 2.45) is 11.7 Å². The normalized spacial score (nSPS) is 14.5. The zero-order valence-electron chi connectivity index (χ0n) is 17.3. The number of hydrogen-bond acceptors (Lipinski definition) is 7. The summed E-state index contributed by atoms with van der Waals surface area (Å²) < 4.78 is 0. The second-order valence-corrected chi connectivity index (χ2v) is 6.97. The number of H-pyrrole nitrogens is 1. The van der Waals surface area contributed by atoms with Crippen LogP contribution in [0.4, 0.5) is 0 Å². The van der Waals surface area contributed by atoms with Crippen LogP contribution in [0.25, 0.3) is 0 Å². The molecule has 172 valence electrons. The van der Waals surface area contributed by atoms with Gasteiger partial charge in [0.05, 0.1) is 19.3 Å². The highest BCUT2D eigenvalue weighted by molar-refractivity contribution is 5.95. The average Bonchev–Trinajstić information content (AvgIpc) is 3.22. The fraction of sp³-hybridized carbons (Fsp3) is 0.556. The number of carboxylic acids is 2. The Bertz CT molecular complexity index is 782. The van der Waals surface area contributed by atoms with Crippen molar-refractivity contribution in [1.29, 1.82) is 0 Å². The Labute approximate surface area is 178 Å². The van der Waals surface area contributed by atoms with Crippen molar-refractivity contribution in [3.05, 3.63) is 18.2 Å². The van der Waals surface area contributed by atoms with E-state index in [1.165, 1.54) is 12.5 Å². The maximum atomic E-state index is 12.8. The molecule has 31 heavy (non-hydrogen) atoms. The molecule has 0 spiro atoms. The van der Waals surface area contributed by atoms with Gasteiger partial charge in [-0.3, -0.25) is 19.2 Å². The molecule has 0 bridgehead atoms. The molecule has 0 radical (unpaired) electrons. The molecule has 0 aliphatic heterocycles. The highest BCUT2D eigenvalue weighted by Crippen LogP contribution is 2.10. The van der Waals surface area contributed by atoms with Crippen molar-refractivity contribution in [2.75, 3.05) is 6.54 Å². The van der Waals surface area contributed by atoms with E-state index in [4.69, 9.17) is 10.8 Å². The van der Waals surface area contributed by atoms with Crippen LogP contribution in [0.2, 0.25) is 0 Å². The zero-order chi connectivity index (χ0) is 23.6. The van der Waals surface area contributed by atoms with Gasteiger partial charge in [0, 0.05) is 18.3 Å². The van der Waals surface area contributed by atoms with Gasteiger partial charge < -0.3 is 36.9 Å². The van der Waals surface area contributed by atoms with E-state index in [9.17, 15) is 29.1 Å². The van der Waals surface area contributed by atoms with E-state index in [-0.39, 0.29) is 6.42 Å². The van der Waals surface area contributed by atoms with Gasteiger partial charge >= 0.3 is 11.9 Å². The summed E-state index contributed by atoms with van der Waals surface area (Å²) in [5.41, 5.74) is 5.68. The van der Waals surface area contributed by atoms with Crippen molar-refractivity contribution in [1.82, 2.24) is 25.9 Å². The minimum atomic E-state index is -1.45. The topological polar surface area (TPSA) is 217 Å². The lowest BCUT2D eigenvalue weighted by Crippen LogP contribution is -2.58. The Morgan fingerprint density at radius 3 is 2.26 bits per heavy atom. The molecule has 0 saturated heterocycles. The third-order valence-corrected chi connectivity index (χ3v) is 4.60. The van der Waals surface area contributed by atoms with Gasteiger partial charge in [0.2, 0.25) is 17.7 Å². The van der Waals surface area contributed by atoms with Crippen LogP contribution in [0, 0.1) is 5.92 Å². The standard InChI is InChI=1S/C18H28N6O7/c1-3-9(2)15(24-16(28)11(5-14(26)27)22-13(25)6-19)17(29)23-12(18(30)31)4-10-7-20-8-21-10/h7-9,11-12,15H,3-6,19H2,1-2H3,(H,20,21)(H,22,25)(H,23,29)(H,24,28)(H,26,27)(H,30,31). The number of carboxylic acid groups (broad SMARTS) is 2. The zero-order valence-corrected chi connectivity index (χ0v) is 17.3.